The van der Waals surface area contributed by atoms with E-state index >= 15 is 0 Å². The summed E-state index contributed by atoms with van der Waals surface area (Å²) in [6.45, 7) is 5.59. The molecule has 4 heteroatoms. The van der Waals surface area contributed by atoms with E-state index < -0.39 is 0 Å². The molecule has 3 nitrogen and oxygen atoms in total. The Hall–Kier alpha value is -0.870. The Morgan fingerprint density at radius 3 is 2.60 bits per heavy atom. The van der Waals surface area contributed by atoms with Crippen LogP contribution >= 0.6 is 11.3 Å². The van der Waals surface area contributed by atoms with E-state index in [1.165, 1.54) is 4.88 Å². The van der Waals surface area contributed by atoms with Crippen LogP contribution in [0, 0.1) is 13.8 Å². The van der Waals surface area contributed by atoms with Gasteiger partial charge in [-0.15, -0.1) is 11.3 Å². The maximum absolute atomic E-state index is 11.7. The number of hydrogen-bond donors (Lipinski definition) is 1. The van der Waals surface area contributed by atoms with Crippen LogP contribution in [0.15, 0.2) is 5.38 Å². The number of aryl methyl sites for hydroxylation is 1. The monoisotopic (exact) mass is 226 g/mol. The first-order valence-electron chi connectivity index (χ1n) is 5.00. The molecule has 0 aliphatic heterocycles. The fourth-order valence-electron chi connectivity index (χ4n) is 1.23. The zero-order valence-corrected chi connectivity index (χ0v) is 10.6. The van der Waals surface area contributed by atoms with Gasteiger partial charge in [-0.25, -0.2) is 0 Å². The van der Waals surface area contributed by atoms with Crippen molar-refractivity contribution in [1.29, 1.82) is 0 Å². The molecule has 1 amide bonds. The fraction of sp³-hybridized carbons (Fsp3) is 0.545. The van der Waals surface area contributed by atoms with Crippen molar-refractivity contribution >= 4 is 17.2 Å². The summed E-state index contributed by atoms with van der Waals surface area (Å²) in [5, 5.41) is 4.84. The molecule has 1 aromatic heterocycles. The summed E-state index contributed by atoms with van der Waals surface area (Å²) in [5.41, 5.74) is 1.92. The lowest BCUT2D eigenvalue weighted by molar-refractivity contribution is 0.0951. The van der Waals surface area contributed by atoms with E-state index in [4.69, 9.17) is 0 Å². The zero-order chi connectivity index (χ0) is 11.4. The lowest BCUT2D eigenvalue weighted by Crippen LogP contribution is -2.31. The van der Waals surface area contributed by atoms with Crippen molar-refractivity contribution in [2.75, 3.05) is 27.2 Å². The van der Waals surface area contributed by atoms with Gasteiger partial charge in [0.2, 0.25) is 0 Å². The molecule has 1 aromatic rings. The van der Waals surface area contributed by atoms with E-state index in [1.54, 1.807) is 11.3 Å². The van der Waals surface area contributed by atoms with Crippen molar-refractivity contribution in [1.82, 2.24) is 10.2 Å². The third-order valence-corrected chi connectivity index (χ3v) is 3.39. The average molecular weight is 226 g/mol. The molecule has 0 bridgehead atoms. The van der Waals surface area contributed by atoms with Crippen LogP contribution in [0.2, 0.25) is 0 Å². The first-order valence-corrected chi connectivity index (χ1v) is 5.88. The molecule has 0 saturated carbocycles. The van der Waals surface area contributed by atoms with Crippen molar-refractivity contribution in [3.8, 4) is 0 Å². The molecule has 0 spiro atoms. The van der Waals surface area contributed by atoms with E-state index in [-0.39, 0.29) is 5.91 Å². The number of likely N-dealkylation sites (N-methyl/N-ethyl adjacent to an activating group) is 1. The Morgan fingerprint density at radius 1 is 1.47 bits per heavy atom. The van der Waals surface area contributed by atoms with E-state index in [2.05, 4.69) is 5.32 Å². The minimum absolute atomic E-state index is 0.0405. The SMILES string of the molecule is Cc1scc(C(=O)NCCN(C)C)c1C. The molecule has 84 valence electrons. The number of rotatable bonds is 4. The summed E-state index contributed by atoms with van der Waals surface area (Å²) in [6, 6.07) is 0. The van der Waals surface area contributed by atoms with Gasteiger partial charge in [-0.1, -0.05) is 0 Å². The van der Waals surface area contributed by atoms with Gasteiger partial charge < -0.3 is 10.2 Å². The Bertz CT molecular complexity index is 344. The molecule has 0 atom stereocenters. The summed E-state index contributed by atoms with van der Waals surface area (Å²) in [7, 11) is 3.98. The van der Waals surface area contributed by atoms with Crippen molar-refractivity contribution in [2.24, 2.45) is 0 Å². The van der Waals surface area contributed by atoms with Crippen LogP contribution in [0.4, 0.5) is 0 Å². The lowest BCUT2D eigenvalue weighted by Gasteiger charge is -2.10. The van der Waals surface area contributed by atoms with Crippen LogP contribution in [-0.2, 0) is 0 Å². The minimum atomic E-state index is 0.0405. The van der Waals surface area contributed by atoms with Gasteiger partial charge in [-0.2, -0.15) is 0 Å². The molecule has 0 unspecified atom stereocenters. The summed E-state index contributed by atoms with van der Waals surface area (Å²) in [6.07, 6.45) is 0. The maximum atomic E-state index is 11.7. The number of thiophene rings is 1. The van der Waals surface area contributed by atoms with E-state index in [9.17, 15) is 4.79 Å². The van der Waals surface area contributed by atoms with Crippen molar-refractivity contribution in [3.05, 3.63) is 21.4 Å². The van der Waals surface area contributed by atoms with Gasteiger partial charge in [0.05, 0.1) is 5.56 Å². The van der Waals surface area contributed by atoms with Gasteiger partial charge in [-0.3, -0.25) is 4.79 Å². The quantitative estimate of drug-likeness (QED) is 0.847. The molecule has 1 heterocycles. The Labute approximate surface area is 95.1 Å². The van der Waals surface area contributed by atoms with Crippen LogP contribution < -0.4 is 5.32 Å². The fourth-order valence-corrected chi connectivity index (χ4v) is 2.09. The predicted molar refractivity (Wildman–Crippen MR) is 64.7 cm³/mol. The number of amides is 1. The number of carbonyl (C=O) groups is 1. The zero-order valence-electron chi connectivity index (χ0n) is 9.76. The van der Waals surface area contributed by atoms with E-state index in [0.29, 0.717) is 6.54 Å². The standard InChI is InChI=1S/C11H18N2OS/c1-8-9(2)15-7-10(8)11(14)12-5-6-13(3)4/h7H,5-6H2,1-4H3,(H,12,14). The highest BCUT2D eigenvalue weighted by Crippen LogP contribution is 2.20. The van der Waals surface area contributed by atoms with Crippen molar-refractivity contribution in [2.45, 2.75) is 13.8 Å². The van der Waals surface area contributed by atoms with Crippen molar-refractivity contribution in [3.63, 3.8) is 0 Å². The molecule has 0 aliphatic rings. The Balaban J connectivity index is 2.51. The first-order chi connectivity index (χ1) is 7.02. The molecule has 0 aromatic carbocycles. The second-order valence-electron chi connectivity index (χ2n) is 3.89. The van der Waals surface area contributed by atoms with Crippen LogP contribution in [0.1, 0.15) is 20.8 Å². The number of nitrogens with zero attached hydrogens (tertiary/aromatic N) is 1. The third-order valence-electron chi connectivity index (χ3n) is 2.37. The van der Waals surface area contributed by atoms with E-state index in [1.807, 2.05) is 38.2 Å². The number of hydrogen-bond acceptors (Lipinski definition) is 3. The molecule has 1 N–H and O–H groups in total. The highest BCUT2D eigenvalue weighted by Gasteiger charge is 2.11. The molecular formula is C11H18N2OS. The molecular weight excluding hydrogens is 208 g/mol. The maximum Gasteiger partial charge on any atom is 0.252 e. The lowest BCUT2D eigenvalue weighted by atomic mass is 10.2. The van der Waals surface area contributed by atoms with Crippen LogP contribution in [0.25, 0.3) is 0 Å². The topological polar surface area (TPSA) is 32.3 Å². The molecule has 0 saturated heterocycles. The summed E-state index contributed by atoms with van der Waals surface area (Å²) < 4.78 is 0. The van der Waals surface area contributed by atoms with Crippen LogP contribution in [-0.4, -0.2) is 38.0 Å². The van der Waals surface area contributed by atoms with Crippen molar-refractivity contribution < 1.29 is 4.79 Å². The minimum Gasteiger partial charge on any atom is -0.351 e. The highest BCUT2D eigenvalue weighted by atomic mass is 32.1. The van der Waals surface area contributed by atoms with Gasteiger partial charge in [0.1, 0.15) is 0 Å². The van der Waals surface area contributed by atoms with Crippen LogP contribution in [0.3, 0.4) is 0 Å². The predicted octanol–water partition coefficient (Wildman–Crippen LogP) is 1.66. The third kappa shape index (κ3) is 3.32. The van der Waals surface area contributed by atoms with Gasteiger partial charge in [0.15, 0.2) is 0 Å². The first kappa shape index (κ1) is 12.2. The molecule has 0 fully saturated rings. The summed E-state index contributed by atoms with van der Waals surface area (Å²) >= 11 is 1.63. The Kier molecular flexibility index (Phi) is 4.29. The smallest absolute Gasteiger partial charge is 0.252 e. The summed E-state index contributed by atoms with van der Waals surface area (Å²) in [4.78, 5) is 15.0. The second kappa shape index (κ2) is 5.28. The number of carbonyl (C=O) groups excluding carboxylic acids is 1. The normalized spacial score (nSPS) is 10.7. The van der Waals surface area contributed by atoms with Gasteiger partial charge >= 0.3 is 0 Å². The highest BCUT2D eigenvalue weighted by molar-refractivity contribution is 7.10. The van der Waals surface area contributed by atoms with Gasteiger partial charge in [-0.05, 0) is 33.5 Å². The molecule has 1 rings (SSSR count). The van der Waals surface area contributed by atoms with E-state index in [0.717, 1.165) is 17.7 Å². The molecule has 0 aliphatic carbocycles. The largest absolute Gasteiger partial charge is 0.351 e. The van der Waals surface area contributed by atoms with Crippen LogP contribution in [0.5, 0.6) is 0 Å². The summed E-state index contributed by atoms with van der Waals surface area (Å²) in [5.74, 6) is 0.0405. The molecule has 0 radical (unpaired) electrons. The van der Waals surface area contributed by atoms with Gasteiger partial charge in [0, 0.05) is 23.3 Å². The number of nitrogens with one attached hydrogen (secondary N) is 1. The Morgan fingerprint density at radius 2 is 2.13 bits per heavy atom. The second-order valence-corrected chi connectivity index (χ2v) is 4.97. The molecule has 15 heavy (non-hydrogen) atoms. The average Bonchev–Trinajstić information content (AvgIpc) is 2.47. The van der Waals surface area contributed by atoms with Gasteiger partial charge in [0.25, 0.3) is 5.91 Å².